The van der Waals surface area contributed by atoms with Crippen LogP contribution in [0.15, 0.2) is 91.5 Å². The fraction of sp³-hybridized carbons (Fsp3) is 0.263. The van der Waals surface area contributed by atoms with E-state index >= 15 is 0 Å². The second kappa shape index (κ2) is 13.0. The molecule has 1 saturated carbocycles. The number of ether oxygens (including phenoxy) is 2. The van der Waals surface area contributed by atoms with Gasteiger partial charge in [0, 0.05) is 36.4 Å². The van der Waals surface area contributed by atoms with Crippen LogP contribution in [0.3, 0.4) is 0 Å². The molecule has 3 aromatic carbocycles. The molecular weight excluding hydrogens is 664 g/mol. The molecule has 1 atom stereocenters. The number of piperidine rings is 1. The highest BCUT2D eigenvalue weighted by Gasteiger charge is 2.45. The van der Waals surface area contributed by atoms with Crippen LogP contribution in [0.2, 0.25) is 0 Å². The molecule has 2 aromatic heterocycles. The van der Waals surface area contributed by atoms with Gasteiger partial charge in [-0.1, -0.05) is 38.1 Å². The monoisotopic (exact) mass is 698 g/mol. The number of rotatable bonds is 10. The Morgan fingerprint density at radius 3 is 2.13 bits per heavy atom. The van der Waals surface area contributed by atoms with E-state index in [1.54, 1.807) is 36.8 Å². The second-order valence-corrected chi connectivity index (χ2v) is 13.6. The van der Waals surface area contributed by atoms with Crippen molar-refractivity contribution in [1.29, 1.82) is 0 Å². The van der Waals surface area contributed by atoms with Crippen molar-refractivity contribution in [3.05, 3.63) is 114 Å². The Bertz CT molecular complexity index is 2160. The number of anilines is 1. The predicted molar refractivity (Wildman–Crippen MR) is 186 cm³/mol. The molecule has 3 aliphatic rings. The van der Waals surface area contributed by atoms with Crippen molar-refractivity contribution in [3.8, 4) is 23.2 Å². The molecule has 4 heterocycles. The van der Waals surface area contributed by atoms with E-state index in [-0.39, 0.29) is 41.5 Å². The van der Waals surface area contributed by atoms with Gasteiger partial charge in [-0.15, -0.1) is 4.80 Å². The molecular formula is C38H34N8O6. The Labute approximate surface area is 298 Å². The molecule has 52 heavy (non-hydrogen) atoms. The first kappa shape index (κ1) is 32.7. The van der Waals surface area contributed by atoms with Crippen molar-refractivity contribution in [2.24, 2.45) is 0 Å². The van der Waals surface area contributed by atoms with E-state index in [4.69, 9.17) is 9.47 Å². The van der Waals surface area contributed by atoms with Gasteiger partial charge in [0.1, 0.15) is 23.6 Å². The van der Waals surface area contributed by atoms with E-state index in [2.05, 4.69) is 56.8 Å². The highest BCUT2D eigenvalue weighted by molar-refractivity contribution is 6.23. The van der Waals surface area contributed by atoms with E-state index in [0.717, 1.165) is 34.6 Å². The molecule has 0 spiro atoms. The van der Waals surface area contributed by atoms with Crippen LogP contribution in [0.1, 0.15) is 71.4 Å². The van der Waals surface area contributed by atoms with Gasteiger partial charge in [0.2, 0.25) is 17.7 Å². The van der Waals surface area contributed by atoms with Gasteiger partial charge in [-0.3, -0.25) is 29.4 Å². The maximum absolute atomic E-state index is 13.2. The van der Waals surface area contributed by atoms with Gasteiger partial charge < -0.3 is 14.8 Å². The van der Waals surface area contributed by atoms with Gasteiger partial charge in [0.15, 0.2) is 5.82 Å². The fourth-order valence-corrected chi connectivity index (χ4v) is 6.75. The number of benzene rings is 3. The van der Waals surface area contributed by atoms with Crippen LogP contribution in [0.4, 0.5) is 5.69 Å². The lowest BCUT2D eigenvalue weighted by molar-refractivity contribution is -0.136. The number of carbonyl (C=O) groups excluding carboxylic acids is 4. The number of nitrogens with one attached hydrogen (secondary N) is 2. The van der Waals surface area contributed by atoms with Crippen LogP contribution < -0.4 is 20.1 Å². The van der Waals surface area contributed by atoms with E-state index in [0.29, 0.717) is 23.1 Å². The number of amides is 4. The zero-order valence-corrected chi connectivity index (χ0v) is 28.4. The second-order valence-electron chi connectivity index (χ2n) is 13.6. The summed E-state index contributed by atoms with van der Waals surface area (Å²) in [7, 11) is 0. The molecule has 4 amide bonds. The summed E-state index contributed by atoms with van der Waals surface area (Å²) in [6.45, 7) is 4.34. The fourth-order valence-electron chi connectivity index (χ4n) is 6.75. The van der Waals surface area contributed by atoms with Gasteiger partial charge in [0.05, 0.1) is 35.9 Å². The molecule has 1 saturated heterocycles. The SMILES string of the molecule is CC(C)(c1ccc(Oc2cnc(-n3nccn3)cn2)cc1)c1ccc(O[C@H]2C[C@H](Nc3ccc4c(c3)C(=O)N(C3CCC(=O)NC3=O)C4=O)C2)cc1. The third kappa shape index (κ3) is 6.23. The molecule has 262 valence electrons. The Balaban J connectivity index is 0.831. The van der Waals surface area contributed by atoms with Crippen molar-refractivity contribution in [2.45, 2.75) is 63.1 Å². The zero-order valence-electron chi connectivity index (χ0n) is 28.4. The molecule has 0 radical (unpaired) electrons. The lowest BCUT2D eigenvalue weighted by Crippen LogP contribution is -2.54. The third-order valence-corrected chi connectivity index (χ3v) is 9.82. The Kier molecular flexibility index (Phi) is 8.20. The largest absolute Gasteiger partial charge is 0.490 e. The number of carbonyl (C=O) groups is 4. The van der Waals surface area contributed by atoms with Gasteiger partial charge in [-0.25, -0.2) is 9.97 Å². The number of aromatic nitrogens is 5. The van der Waals surface area contributed by atoms with E-state index in [9.17, 15) is 19.2 Å². The molecule has 8 rings (SSSR count). The smallest absolute Gasteiger partial charge is 0.262 e. The first-order valence-electron chi connectivity index (χ1n) is 17.0. The molecule has 14 nitrogen and oxygen atoms in total. The van der Waals surface area contributed by atoms with E-state index in [1.165, 1.54) is 11.0 Å². The van der Waals surface area contributed by atoms with E-state index < -0.39 is 29.7 Å². The highest BCUT2D eigenvalue weighted by atomic mass is 16.5. The summed E-state index contributed by atoms with van der Waals surface area (Å²) in [6.07, 6.45) is 7.99. The highest BCUT2D eigenvalue weighted by Crippen LogP contribution is 2.36. The first-order chi connectivity index (χ1) is 25.1. The maximum Gasteiger partial charge on any atom is 0.262 e. The number of hydrogen-bond acceptors (Lipinski definition) is 11. The van der Waals surface area contributed by atoms with Crippen molar-refractivity contribution in [2.75, 3.05) is 5.32 Å². The summed E-state index contributed by atoms with van der Waals surface area (Å²) in [5.41, 5.74) is 3.20. The number of nitrogens with zero attached hydrogens (tertiary/aromatic N) is 6. The molecule has 1 unspecified atom stereocenters. The summed E-state index contributed by atoms with van der Waals surface area (Å²) < 4.78 is 12.2. The minimum atomic E-state index is -0.989. The first-order valence-corrected chi connectivity index (χ1v) is 17.0. The van der Waals surface area contributed by atoms with Crippen LogP contribution in [0.5, 0.6) is 17.4 Å². The summed E-state index contributed by atoms with van der Waals surface area (Å²) in [5.74, 6) is 0.222. The quantitative estimate of drug-likeness (QED) is 0.196. The zero-order chi connectivity index (χ0) is 36.0. The minimum absolute atomic E-state index is 0.0349. The average Bonchev–Trinajstić information content (AvgIpc) is 3.75. The van der Waals surface area contributed by atoms with Crippen LogP contribution in [-0.4, -0.2) is 71.7 Å². The lowest BCUT2D eigenvalue weighted by Gasteiger charge is -2.36. The molecule has 2 N–H and O–H groups in total. The van der Waals surface area contributed by atoms with Crippen molar-refractivity contribution in [1.82, 2.24) is 35.2 Å². The van der Waals surface area contributed by atoms with Crippen LogP contribution in [0.25, 0.3) is 5.82 Å². The molecule has 0 bridgehead atoms. The predicted octanol–water partition coefficient (Wildman–Crippen LogP) is 4.60. The Hall–Kier alpha value is -6.44. The van der Waals surface area contributed by atoms with Gasteiger partial charge in [-0.2, -0.15) is 10.2 Å². The molecule has 1 aliphatic carbocycles. The maximum atomic E-state index is 13.2. The standard InChI is InChI=1S/C38H34N8O6/c1-38(2,23-5-10-27(11-6-23)52-34-21-39-32(20-40-34)46-41-15-16-42-46)22-3-8-26(9-4-22)51-28-17-25(18-28)43-24-7-12-29-30(19-24)37(50)45(36(29)49)31-13-14-33(47)44-35(31)48/h3-12,15-16,19-21,25,28,31,43H,13-14,17-18H2,1-2H3,(H,44,47,48)/t25-,28-,31?. The average molecular weight is 699 g/mol. The summed E-state index contributed by atoms with van der Waals surface area (Å²) >= 11 is 0. The summed E-state index contributed by atoms with van der Waals surface area (Å²) in [6, 6.07) is 20.2. The topological polar surface area (TPSA) is 171 Å². The Morgan fingerprint density at radius 2 is 1.48 bits per heavy atom. The van der Waals surface area contributed by atoms with Gasteiger partial charge in [0.25, 0.3) is 11.8 Å². The summed E-state index contributed by atoms with van der Waals surface area (Å²) in [4.78, 5) is 61.0. The van der Waals surface area contributed by atoms with Crippen molar-refractivity contribution < 1.29 is 28.7 Å². The van der Waals surface area contributed by atoms with Crippen molar-refractivity contribution in [3.63, 3.8) is 0 Å². The lowest BCUT2D eigenvalue weighted by atomic mass is 9.78. The van der Waals surface area contributed by atoms with Gasteiger partial charge in [-0.05, 0) is 60.0 Å². The van der Waals surface area contributed by atoms with Gasteiger partial charge >= 0.3 is 0 Å². The number of fused-ring (bicyclic) bond motifs is 1. The number of imide groups is 2. The minimum Gasteiger partial charge on any atom is -0.490 e. The van der Waals surface area contributed by atoms with Crippen LogP contribution in [-0.2, 0) is 15.0 Å². The third-order valence-electron chi connectivity index (χ3n) is 9.82. The molecule has 5 aromatic rings. The summed E-state index contributed by atoms with van der Waals surface area (Å²) in [5, 5.41) is 13.7. The normalized spacial score (nSPS) is 19.9. The Morgan fingerprint density at radius 1 is 0.808 bits per heavy atom. The van der Waals surface area contributed by atoms with Crippen LogP contribution in [0, 0.1) is 0 Å². The van der Waals surface area contributed by atoms with E-state index in [1.807, 2.05) is 36.4 Å². The number of hydrogen-bond donors (Lipinski definition) is 2. The molecule has 2 aliphatic heterocycles. The van der Waals surface area contributed by atoms with Crippen molar-refractivity contribution >= 4 is 29.3 Å². The molecule has 14 heteroatoms. The van der Waals surface area contributed by atoms with Crippen LogP contribution >= 0.6 is 0 Å². The molecule has 2 fully saturated rings.